The Bertz CT molecular complexity index is 1100. The summed E-state index contributed by atoms with van der Waals surface area (Å²) in [4.78, 5) is 28.9. The van der Waals surface area contributed by atoms with Crippen molar-refractivity contribution in [3.05, 3.63) is 95.0 Å². The molecule has 5 nitrogen and oxygen atoms in total. The van der Waals surface area contributed by atoms with Gasteiger partial charge in [0.2, 0.25) is 0 Å². The molecule has 0 radical (unpaired) electrons. The Morgan fingerprint density at radius 2 is 1.55 bits per heavy atom. The number of ether oxygens (including phenoxy) is 1. The molecule has 0 atom stereocenters. The van der Waals surface area contributed by atoms with E-state index < -0.39 is 0 Å². The smallest absolute Gasteiger partial charge is 0.258 e. The first-order valence-corrected chi connectivity index (χ1v) is 9.94. The van der Waals surface area contributed by atoms with Crippen LogP contribution in [0.15, 0.2) is 78.9 Å². The third-order valence-electron chi connectivity index (χ3n) is 4.30. The van der Waals surface area contributed by atoms with E-state index in [2.05, 4.69) is 10.3 Å². The molecule has 0 saturated carbocycles. The molecule has 0 spiro atoms. The van der Waals surface area contributed by atoms with E-state index in [-0.39, 0.29) is 18.3 Å². The standard InChI is InChI=1S/C23H18N2O3S/c26-21(24-14-22-25-19-8-4-5-9-20(19)29-22)15-28-18-12-10-17(11-13-18)23(27)16-6-2-1-3-7-16/h1-13H,14-15H2,(H,24,26). The molecule has 144 valence electrons. The van der Waals surface area contributed by atoms with E-state index in [9.17, 15) is 9.59 Å². The molecule has 0 aliphatic carbocycles. The predicted molar refractivity (Wildman–Crippen MR) is 113 cm³/mol. The molecule has 1 aromatic heterocycles. The summed E-state index contributed by atoms with van der Waals surface area (Å²) in [6, 6.07) is 23.7. The number of ketones is 1. The molecule has 0 saturated heterocycles. The van der Waals surface area contributed by atoms with Gasteiger partial charge >= 0.3 is 0 Å². The molecule has 6 heteroatoms. The zero-order chi connectivity index (χ0) is 20.1. The van der Waals surface area contributed by atoms with Crippen LogP contribution in [-0.2, 0) is 11.3 Å². The minimum absolute atomic E-state index is 0.0503. The van der Waals surface area contributed by atoms with Crippen molar-refractivity contribution in [3.63, 3.8) is 0 Å². The summed E-state index contributed by atoms with van der Waals surface area (Å²) in [6.45, 7) is 0.267. The van der Waals surface area contributed by atoms with Crippen LogP contribution in [0.2, 0.25) is 0 Å². The van der Waals surface area contributed by atoms with Gasteiger partial charge in [-0.3, -0.25) is 9.59 Å². The largest absolute Gasteiger partial charge is 0.484 e. The number of fused-ring (bicyclic) bond motifs is 1. The van der Waals surface area contributed by atoms with Gasteiger partial charge in [0.15, 0.2) is 12.4 Å². The number of amides is 1. The number of carbonyl (C=O) groups is 2. The number of hydrogen-bond donors (Lipinski definition) is 1. The second-order valence-corrected chi connectivity index (χ2v) is 7.48. The molecule has 4 rings (SSSR count). The van der Waals surface area contributed by atoms with Crippen molar-refractivity contribution in [2.24, 2.45) is 0 Å². The van der Waals surface area contributed by atoms with E-state index in [1.807, 2.05) is 42.5 Å². The quantitative estimate of drug-likeness (QED) is 0.470. The number of benzene rings is 3. The molecule has 0 aliphatic heterocycles. The summed E-state index contributed by atoms with van der Waals surface area (Å²) < 4.78 is 6.61. The zero-order valence-electron chi connectivity index (χ0n) is 15.5. The van der Waals surface area contributed by atoms with E-state index in [1.165, 1.54) is 0 Å². The van der Waals surface area contributed by atoms with Gasteiger partial charge in [-0.25, -0.2) is 4.98 Å². The number of para-hydroxylation sites is 1. The van der Waals surface area contributed by atoms with Gasteiger partial charge in [0.1, 0.15) is 10.8 Å². The second-order valence-electron chi connectivity index (χ2n) is 6.36. The molecule has 0 fully saturated rings. The highest BCUT2D eigenvalue weighted by Crippen LogP contribution is 2.21. The molecule has 0 aliphatic rings. The normalized spacial score (nSPS) is 10.6. The second kappa shape index (κ2) is 8.67. The Morgan fingerprint density at radius 1 is 0.862 bits per heavy atom. The van der Waals surface area contributed by atoms with Crippen molar-refractivity contribution in [1.29, 1.82) is 0 Å². The van der Waals surface area contributed by atoms with Crippen LogP contribution in [0.25, 0.3) is 10.2 Å². The average molecular weight is 402 g/mol. The molecule has 1 heterocycles. The maximum atomic E-state index is 12.4. The molecular weight excluding hydrogens is 384 g/mol. The van der Waals surface area contributed by atoms with Crippen molar-refractivity contribution in [1.82, 2.24) is 10.3 Å². The highest BCUT2D eigenvalue weighted by Gasteiger charge is 2.10. The maximum Gasteiger partial charge on any atom is 0.258 e. The number of nitrogens with one attached hydrogen (secondary N) is 1. The predicted octanol–water partition coefficient (Wildman–Crippen LogP) is 4.22. The summed E-state index contributed by atoms with van der Waals surface area (Å²) in [5.74, 6) is 0.254. The van der Waals surface area contributed by atoms with Crippen molar-refractivity contribution in [3.8, 4) is 5.75 Å². The number of carbonyl (C=O) groups excluding carboxylic acids is 2. The first kappa shape index (κ1) is 18.8. The maximum absolute atomic E-state index is 12.4. The molecule has 1 amide bonds. The number of hydrogen-bond acceptors (Lipinski definition) is 5. The summed E-state index contributed by atoms with van der Waals surface area (Å²) in [6.07, 6.45) is 0. The third kappa shape index (κ3) is 4.67. The zero-order valence-corrected chi connectivity index (χ0v) is 16.3. The third-order valence-corrected chi connectivity index (χ3v) is 5.33. The van der Waals surface area contributed by atoms with Crippen LogP contribution in [0.1, 0.15) is 20.9 Å². The fourth-order valence-corrected chi connectivity index (χ4v) is 3.74. The molecule has 1 N–H and O–H groups in total. The van der Waals surface area contributed by atoms with E-state index in [1.54, 1.807) is 47.7 Å². The van der Waals surface area contributed by atoms with Gasteiger partial charge in [0.05, 0.1) is 16.8 Å². The van der Waals surface area contributed by atoms with Gasteiger partial charge in [-0.05, 0) is 36.4 Å². The Hall–Kier alpha value is -3.51. The highest BCUT2D eigenvalue weighted by atomic mass is 32.1. The molecule has 3 aromatic carbocycles. The van der Waals surface area contributed by atoms with E-state index in [0.717, 1.165) is 15.2 Å². The van der Waals surface area contributed by atoms with Gasteiger partial charge in [0.25, 0.3) is 5.91 Å². The van der Waals surface area contributed by atoms with Crippen LogP contribution >= 0.6 is 11.3 Å². The van der Waals surface area contributed by atoms with Crippen molar-refractivity contribution in [2.45, 2.75) is 6.54 Å². The minimum Gasteiger partial charge on any atom is -0.484 e. The lowest BCUT2D eigenvalue weighted by atomic mass is 10.0. The van der Waals surface area contributed by atoms with Gasteiger partial charge in [-0.2, -0.15) is 0 Å². The first-order valence-electron chi connectivity index (χ1n) is 9.13. The number of thiazole rings is 1. The van der Waals surface area contributed by atoms with E-state index in [4.69, 9.17) is 4.74 Å². The van der Waals surface area contributed by atoms with Crippen molar-refractivity contribution in [2.75, 3.05) is 6.61 Å². The summed E-state index contributed by atoms with van der Waals surface area (Å²) in [5.41, 5.74) is 2.14. The summed E-state index contributed by atoms with van der Waals surface area (Å²) in [7, 11) is 0. The van der Waals surface area contributed by atoms with Crippen LogP contribution < -0.4 is 10.1 Å². The summed E-state index contributed by atoms with van der Waals surface area (Å²) in [5, 5.41) is 3.66. The molecule has 29 heavy (non-hydrogen) atoms. The van der Waals surface area contributed by atoms with Gasteiger partial charge in [0, 0.05) is 11.1 Å². The van der Waals surface area contributed by atoms with Crippen molar-refractivity contribution < 1.29 is 14.3 Å². The van der Waals surface area contributed by atoms with Crippen LogP contribution in [0.3, 0.4) is 0 Å². The molecule has 0 bridgehead atoms. The number of aromatic nitrogens is 1. The van der Waals surface area contributed by atoms with Gasteiger partial charge < -0.3 is 10.1 Å². The Labute approximate surface area is 172 Å². The Morgan fingerprint density at radius 3 is 2.31 bits per heavy atom. The van der Waals surface area contributed by atoms with E-state index >= 15 is 0 Å². The topological polar surface area (TPSA) is 68.3 Å². The lowest BCUT2D eigenvalue weighted by Crippen LogP contribution is -2.28. The number of nitrogens with zero attached hydrogens (tertiary/aromatic N) is 1. The average Bonchev–Trinajstić information content (AvgIpc) is 3.20. The highest BCUT2D eigenvalue weighted by molar-refractivity contribution is 7.18. The van der Waals surface area contributed by atoms with Gasteiger partial charge in [-0.1, -0.05) is 42.5 Å². The van der Waals surface area contributed by atoms with Crippen molar-refractivity contribution >= 4 is 33.2 Å². The monoisotopic (exact) mass is 402 g/mol. The van der Waals surface area contributed by atoms with Gasteiger partial charge in [-0.15, -0.1) is 11.3 Å². The lowest BCUT2D eigenvalue weighted by Gasteiger charge is -2.07. The lowest BCUT2D eigenvalue weighted by molar-refractivity contribution is -0.123. The van der Waals surface area contributed by atoms with Crippen LogP contribution in [0.5, 0.6) is 5.75 Å². The molecule has 0 unspecified atom stereocenters. The van der Waals surface area contributed by atoms with Crippen LogP contribution in [0.4, 0.5) is 0 Å². The Balaban J connectivity index is 1.28. The fourth-order valence-electron chi connectivity index (χ4n) is 2.83. The molecule has 4 aromatic rings. The molecular formula is C23H18N2O3S. The fraction of sp³-hybridized carbons (Fsp3) is 0.0870. The summed E-state index contributed by atoms with van der Waals surface area (Å²) >= 11 is 1.56. The number of rotatable bonds is 7. The SMILES string of the molecule is O=C(COc1ccc(C(=O)c2ccccc2)cc1)NCc1nc2ccccc2s1. The minimum atomic E-state index is -0.228. The van der Waals surface area contributed by atoms with Crippen LogP contribution in [-0.4, -0.2) is 23.3 Å². The van der Waals surface area contributed by atoms with Crippen LogP contribution in [0, 0.1) is 0 Å². The Kier molecular flexibility index (Phi) is 5.63. The first-order chi connectivity index (χ1) is 14.2. The van der Waals surface area contributed by atoms with E-state index in [0.29, 0.717) is 23.4 Å².